The lowest BCUT2D eigenvalue weighted by atomic mass is 10.0. The molecule has 17 heavy (non-hydrogen) atoms. The average molecular weight is 256 g/mol. The Morgan fingerprint density at radius 1 is 0.824 bits per heavy atom. The van der Waals surface area contributed by atoms with Crippen LogP contribution in [0.1, 0.15) is 31.1 Å². The van der Waals surface area contributed by atoms with E-state index >= 15 is 0 Å². The average Bonchev–Trinajstić information content (AvgIpc) is 2.16. The number of hydrogen-bond donors (Lipinski definition) is 4. The van der Waals surface area contributed by atoms with Gasteiger partial charge in [-0.05, 0) is 12.1 Å². The first-order valence-corrected chi connectivity index (χ1v) is 3.91. The van der Waals surface area contributed by atoms with Crippen LogP contribution in [0.2, 0.25) is 0 Å². The Balaban J connectivity index is 0.00000256. The van der Waals surface area contributed by atoms with Gasteiger partial charge in [0.2, 0.25) is 0 Å². The fraction of sp³-hybridized carbons (Fsp3) is 0. The molecule has 0 fully saturated rings. The van der Waals surface area contributed by atoms with Gasteiger partial charge in [-0.3, -0.25) is 0 Å². The topological polar surface area (TPSA) is 132 Å². The third-order valence-electron chi connectivity index (χ3n) is 1.82. The summed E-state index contributed by atoms with van der Waals surface area (Å²) < 4.78 is 0. The van der Waals surface area contributed by atoms with E-state index in [1.165, 1.54) is 0 Å². The molecule has 0 amide bonds. The summed E-state index contributed by atoms with van der Waals surface area (Å²) in [6.07, 6.45) is 0. The molecule has 0 aliphatic rings. The number of phenols is 1. The normalized spacial score (nSPS) is 9.18. The Morgan fingerprint density at radius 2 is 1.18 bits per heavy atom. The van der Waals surface area contributed by atoms with Crippen LogP contribution in [0.15, 0.2) is 12.1 Å². The van der Waals surface area contributed by atoms with Gasteiger partial charge in [0.1, 0.15) is 16.9 Å². The van der Waals surface area contributed by atoms with Crippen molar-refractivity contribution >= 4 is 35.3 Å². The molecule has 8 heteroatoms. The zero-order valence-electron chi connectivity index (χ0n) is 7.67. The Morgan fingerprint density at radius 3 is 1.41 bits per heavy atom. The third-order valence-corrected chi connectivity index (χ3v) is 1.82. The molecule has 90 valence electrons. The van der Waals surface area contributed by atoms with Crippen molar-refractivity contribution < 1.29 is 34.8 Å². The van der Waals surface area contributed by atoms with Gasteiger partial charge in [0.05, 0.1) is 5.56 Å². The quantitative estimate of drug-likeness (QED) is 0.526. The number of carboxylic acids is 3. The summed E-state index contributed by atoms with van der Waals surface area (Å²) in [6.45, 7) is 0. The second-order valence-corrected chi connectivity index (χ2v) is 2.84. The summed E-state index contributed by atoms with van der Waals surface area (Å²) in [5, 5.41) is 35.2. The highest BCUT2D eigenvalue weighted by molar-refractivity contribution is 6.02. The van der Waals surface area contributed by atoms with Crippen molar-refractivity contribution in [1.29, 1.82) is 0 Å². The second-order valence-electron chi connectivity index (χ2n) is 2.84. The monoisotopic (exact) mass is 256 g/mol. The zero-order chi connectivity index (χ0) is 12.5. The zero-order valence-corrected chi connectivity index (χ0v) is 7.67. The number of aromatic carboxylic acids is 3. The molecular formula is C9H9AlO7. The smallest absolute Gasteiger partial charge is 0.339 e. The summed E-state index contributed by atoms with van der Waals surface area (Å²) in [5.74, 6) is -5.67. The molecule has 0 saturated heterocycles. The summed E-state index contributed by atoms with van der Waals surface area (Å²) in [4.78, 5) is 31.8. The Kier molecular flexibility index (Phi) is 4.70. The van der Waals surface area contributed by atoms with Crippen molar-refractivity contribution in [2.75, 3.05) is 0 Å². The van der Waals surface area contributed by atoms with Gasteiger partial charge in [-0.15, -0.1) is 0 Å². The van der Waals surface area contributed by atoms with Gasteiger partial charge in [-0.2, -0.15) is 0 Å². The minimum absolute atomic E-state index is 0. The molecular weight excluding hydrogens is 247 g/mol. The van der Waals surface area contributed by atoms with E-state index in [0.717, 1.165) is 0 Å². The van der Waals surface area contributed by atoms with Crippen molar-refractivity contribution in [3.8, 4) is 5.75 Å². The Hall–Kier alpha value is -2.04. The van der Waals surface area contributed by atoms with E-state index in [1.54, 1.807) is 0 Å². The third kappa shape index (κ3) is 2.96. The fourth-order valence-electron chi connectivity index (χ4n) is 1.08. The van der Waals surface area contributed by atoms with E-state index in [4.69, 9.17) is 15.3 Å². The molecule has 1 aromatic rings. The summed E-state index contributed by atoms with van der Waals surface area (Å²) >= 11 is 0. The number of hydrogen-bond acceptors (Lipinski definition) is 4. The number of rotatable bonds is 3. The SMILES string of the molecule is O=C(O)c1cc(C(=O)O)c(O)c(C(=O)O)c1.[AlH3]. The van der Waals surface area contributed by atoms with Crippen LogP contribution in [0.25, 0.3) is 0 Å². The predicted molar refractivity (Wildman–Crippen MR) is 58.9 cm³/mol. The van der Waals surface area contributed by atoms with Crippen molar-refractivity contribution in [2.24, 2.45) is 0 Å². The number of benzene rings is 1. The molecule has 0 unspecified atom stereocenters. The van der Waals surface area contributed by atoms with Gasteiger partial charge >= 0.3 is 17.9 Å². The maximum Gasteiger partial charge on any atom is 0.339 e. The van der Waals surface area contributed by atoms with E-state index in [0.29, 0.717) is 12.1 Å². The maximum absolute atomic E-state index is 10.6. The summed E-state index contributed by atoms with van der Waals surface area (Å²) in [6, 6.07) is 1.37. The molecule has 1 aromatic carbocycles. The number of carboxylic acid groups (broad SMARTS) is 3. The standard InChI is InChI=1S/C9H6O7.Al.3H/c10-6-4(8(13)14)1-3(7(11)12)2-5(6)9(15)16;;;;/h1-2,10H,(H,11,12)(H,13,14)(H,15,16);;;;. The van der Waals surface area contributed by atoms with Crippen LogP contribution in [0.4, 0.5) is 0 Å². The van der Waals surface area contributed by atoms with Crippen LogP contribution in [-0.2, 0) is 0 Å². The van der Waals surface area contributed by atoms with Gasteiger partial charge in [-0.25, -0.2) is 14.4 Å². The lowest BCUT2D eigenvalue weighted by Crippen LogP contribution is -2.08. The molecule has 4 N–H and O–H groups in total. The highest BCUT2D eigenvalue weighted by Gasteiger charge is 2.21. The van der Waals surface area contributed by atoms with E-state index in [-0.39, 0.29) is 17.4 Å². The molecule has 0 aliphatic heterocycles. The van der Waals surface area contributed by atoms with Crippen LogP contribution in [0, 0.1) is 0 Å². The molecule has 0 atom stereocenters. The van der Waals surface area contributed by atoms with Crippen molar-refractivity contribution in [3.63, 3.8) is 0 Å². The summed E-state index contributed by atoms with van der Waals surface area (Å²) in [5.41, 5.74) is -2.05. The first-order chi connectivity index (χ1) is 7.34. The molecule has 1 rings (SSSR count). The highest BCUT2D eigenvalue weighted by Crippen LogP contribution is 2.24. The lowest BCUT2D eigenvalue weighted by Gasteiger charge is -2.05. The van der Waals surface area contributed by atoms with Gasteiger partial charge in [0.25, 0.3) is 0 Å². The highest BCUT2D eigenvalue weighted by atomic mass is 27.0. The molecule has 7 nitrogen and oxygen atoms in total. The van der Waals surface area contributed by atoms with Crippen molar-refractivity contribution in [2.45, 2.75) is 0 Å². The minimum atomic E-state index is -1.61. The van der Waals surface area contributed by atoms with Crippen LogP contribution < -0.4 is 0 Å². The molecule has 0 aromatic heterocycles. The van der Waals surface area contributed by atoms with Crippen molar-refractivity contribution in [3.05, 3.63) is 28.8 Å². The van der Waals surface area contributed by atoms with Crippen LogP contribution in [-0.4, -0.2) is 55.7 Å². The molecule has 0 radical (unpaired) electrons. The van der Waals surface area contributed by atoms with Crippen LogP contribution in [0.3, 0.4) is 0 Å². The van der Waals surface area contributed by atoms with Crippen LogP contribution >= 0.6 is 0 Å². The van der Waals surface area contributed by atoms with Gasteiger partial charge < -0.3 is 20.4 Å². The minimum Gasteiger partial charge on any atom is -0.506 e. The van der Waals surface area contributed by atoms with Crippen molar-refractivity contribution in [1.82, 2.24) is 0 Å². The Labute approximate surface area is 105 Å². The largest absolute Gasteiger partial charge is 0.506 e. The second kappa shape index (κ2) is 5.34. The van der Waals surface area contributed by atoms with Crippen LogP contribution in [0.5, 0.6) is 5.75 Å². The molecule has 0 heterocycles. The molecule has 0 spiro atoms. The van der Waals surface area contributed by atoms with E-state index in [9.17, 15) is 19.5 Å². The van der Waals surface area contributed by atoms with Gasteiger partial charge in [0, 0.05) is 0 Å². The predicted octanol–water partition coefficient (Wildman–Crippen LogP) is -0.697. The van der Waals surface area contributed by atoms with E-state index in [1.807, 2.05) is 0 Å². The Bertz CT molecular complexity index is 459. The molecule has 0 saturated carbocycles. The lowest BCUT2D eigenvalue weighted by molar-refractivity contribution is 0.0691. The summed E-state index contributed by atoms with van der Waals surface area (Å²) in [7, 11) is 0. The molecule has 0 aliphatic carbocycles. The first-order valence-electron chi connectivity index (χ1n) is 3.91. The van der Waals surface area contributed by atoms with Gasteiger partial charge in [0.15, 0.2) is 17.4 Å². The van der Waals surface area contributed by atoms with E-state index in [2.05, 4.69) is 0 Å². The fourth-order valence-corrected chi connectivity index (χ4v) is 1.08. The molecule has 0 bridgehead atoms. The maximum atomic E-state index is 10.6. The first kappa shape index (κ1) is 15.0. The van der Waals surface area contributed by atoms with E-state index < -0.39 is 40.3 Å². The number of carbonyl (C=O) groups is 3. The van der Waals surface area contributed by atoms with Gasteiger partial charge in [-0.1, -0.05) is 0 Å². The number of aromatic hydroxyl groups is 1.